The summed E-state index contributed by atoms with van der Waals surface area (Å²) in [6.07, 6.45) is 10.4. The third-order valence-electron chi connectivity index (χ3n) is 5.84. The third-order valence-corrected chi connectivity index (χ3v) is 8.23. The first-order valence-corrected chi connectivity index (χ1v) is 11.3. The summed E-state index contributed by atoms with van der Waals surface area (Å²) in [6.45, 7) is 1.62. The maximum Gasteiger partial charge on any atom is 0.263 e. The van der Waals surface area contributed by atoms with Gasteiger partial charge in [0.05, 0.1) is 12.0 Å². The van der Waals surface area contributed by atoms with Crippen molar-refractivity contribution in [2.45, 2.75) is 74.2 Å². The second-order valence-electron chi connectivity index (χ2n) is 7.50. The Labute approximate surface area is 156 Å². The maximum atomic E-state index is 13.5. The molecule has 25 heavy (non-hydrogen) atoms. The summed E-state index contributed by atoms with van der Waals surface area (Å²) in [7, 11) is 0. The van der Waals surface area contributed by atoms with Crippen LogP contribution in [0.2, 0.25) is 0 Å². The van der Waals surface area contributed by atoms with E-state index in [2.05, 4.69) is 4.57 Å². The smallest absolute Gasteiger partial charge is 0.263 e. The van der Waals surface area contributed by atoms with E-state index in [0.29, 0.717) is 11.3 Å². The van der Waals surface area contributed by atoms with E-state index in [4.69, 9.17) is 9.72 Å². The summed E-state index contributed by atoms with van der Waals surface area (Å²) in [5.41, 5.74) is 1.55. The van der Waals surface area contributed by atoms with E-state index in [1.807, 2.05) is 0 Å². The van der Waals surface area contributed by atoms with Crippen molar-refractivity contribution in [2.75, 3.05) is 13.2 Å². The van der Waals surface area contributed by atoms with Crippen LogP contribution in [-0.4, -0.2) is 28.0 Å². The zero-order valence-electron chi connectivity index (χ0n) is 14.5. The molecule has 0 spiro atoms. The first-order valence-electron chi connectivity index (χ1n) is 9.62. The van der Waals surface area contributed by atoms with Gasteiger partial charge >= 0.3 is 0 Å². The zero-order valence-corrected chi connectivity index (χ0v) is 16.1. The molecule has 0 radical (unpaired) electrons. The number of hydrogen-bond donors (Lipinski definition) is 0. The van der Waals surface area contributed by atoms with Crippen molar-refractivity contribution >= 4 is 33.3 Å². The number of aromatic nitrogens is 2. The van der Waals surface area contributed by atoms with E-state index >= 15 is 0 Å². The Bertz CT molecular complexity index is 845. The molecule has 0 N–H and O–H groups in total. The van der Waals surface area contributed by atoms with Gasteiger partial charge in [-0.15, -0.1) is 11.3 Å². The largest absolute Gasteiger partial charge is 0.380 e. The van der Waals surface area contributed by atoms with Crippen molar-refractivity contribution in [3.05, 3.63) is 20.8 Å². The molecule has 0 bridgehead atoms. The molecule has 1 saturated carbocycles. The highest BCUT2D eigenvalue weighted by atomic mass is 32.2. The molecule has 6 heteroatoms. The molecule has 0 aromatic carbocycles. The van der Waals surface area contributed by atoms with E-state index in [9.17, 15) is 4.79 Å². The maximum absolute atomic E-state index is 13.5. The van der Waals surface area contributed by atoms with Crippen LogP contribution in [0.25, 0.3) is 10.2 Å². The number of hydrogen-bond acceptors (Lipinski definition) is 5. The lowest BCUT2D eigenvalue weighted by Crippen LogP contribution is -2.27. The number of thioether (sulfide) groups is 1. The fourth-order valence-electron chi connectivity index (χ4n) is 4.52. The number of nitrogens with zero attached hydrogens (tertiary/aromatic N) is 2. The predicted octanol–water partition coefficient (Wildman–Crippen LogP) is 4.33. The van der Waals surface area contributed by atoms with Crippen molar-refractivity contribution < 1.29 is 4.74 Å². The molecule has 0 amide bonds. The first-order chi connectivity index (χ1) is 12.3. The average molecular weight is 377 g/mol. The summed E-state index contributed by atoms with van der Waals surface area (Å²) in [5, 5.41) is 2.32. The van der Waals surface area contributed by atoms with Crippen LogP contribution in [0.5, 0.6) is 0 Å². The molecule has 3 heterocycles. The lowest BCUT2D eigenvalue weighted by atomic mass is 9.97. The number of fused-ring (bicyclic) bond motifs is 3. The molecule has 1 unspecified atom stereocenters. The van der Waals surface area contributed by atoms with Crippen LogP contribution < -0.4 is 5.56 Å². The molecule has 1 atom stereocenters. The Morgan fingerprint density at radius 3 is 2.76 bits per heavy atom. The number of ether oxygens (including phenoxy) is 1. The lowest BCUT2D eigenvalue weighted by Gasteiger charge is -2.19. The highest BCUT2D eigenvalue weighted by Gasteiger charge is 2.28. The van der Waals surface area contributed by atoms with Gasteiger partial charge in [-0.3, -0.25) is 9.36 Å². The van der Waals surface area contributed by atoms with Crippen LogP contribution >= 0.6 is 23.1 Å². The predicted molar refractivity (Wildman–Crippen MR) is 103 cm³/mol. The van der Waals surface area contributed by atoms with Gasteiger partial charge in [0.25, 0.3) is 5.56 Å². The fourth-order valence-corrected chi connectivity index (χ4v) is 7.00. The second kappa shape index (κ2) is 6.71. The Hall–Kier alpha value is -0.850. The van der Waals surface area contributed by atoms with Gasteiger partial charge in [-0.25, -0.2) is 4.98 Å². The highest BCUT2D eigenvalue weighted by Crippen LogP contribution is 2.38. The van der Waals surface area contributed by atoms with Crippen LogP contribution in [0.3, 0.4) is 0 Å². The van der Waals surface area contributed by atoms with Crippen molar-refractivity contribution in [1.29, 1.82) is 0 Å². The minimum absolute atomic E-state index is 0.234. The normalized spacial score (nSPS) is 24.2. The fraction of sp³-hybridized carbons (Fsp3) is 0.684. The quantitative estimate of drug-likeness (QED) is 0.748. The van der Waals surface area contributed by atoms with Gasteiger partial charge in [0.1, 0.15) is 4.83 Å². The van der Waals surface area contributed by atoms with Crippen LogP contribution in [-0.2, 0) is 17.6 Å². The first kappa shape index (κ1) is 16.3. The molecular weight excluding hydrogens is 352 g/mol. The van der Waals surface area contributed by atoms with Gasteiger partial charge in [0.15, 0.2) is 5.16 Å². The molecule has 2 fully saturated rings. The van der Waals surface area contributed by atoms with Crippen LogP contribution in [0.4, 0.5) is 0 Å². The summed E-state index contributed by atoms with van der Waals surface area (Å²) in [6, 6.07) is 0.341. The van der Waals surface area contributed by atoms with Crippen molar-refractivity contribution in [3.63, 3.8) is 0 Å². The molecule has 3 aliphatic rings. The number of aryl methyl sites for hydroxylation is 2. The second-order valence-corrected chi connectivity index (χ2v) is 9.85. The lowest BCUT2D eigenvalue weighted by molar-refractivity contribution is 0.199. The number of thiophene rings is 1. The van der Waals surface area contributed by atoms with E-state index in [1.165, 1.54) is 36.1 Å². The Morgan fingerprint density at radius 1 is 1.12 bits per heavy atom. The SMILES string of the molecule is O=c1c2c3c(sc2nc(SC2CCOC2)n1C1CCCC1)CCCC3. The summed E-state index contributed by atoms with van der Waals surface area (Å²) in [4.78, 5) is 21.0. The molecule has 1 aliphatic heterocycles. The molecule has 4 nitrogen and oxygen atoms in total. The number of rotatable bonds is 3. The van der Waals surface area contributed by atoms with Gasteiger partial charge in [0, 0.05) is 22.8 Å². The van der Waals surface area contributed by atoms with E-state index < -0.39 is 0 Å². The molecule has 134 valence electrons. The summed E-state index contributed by atoms with van der Waals surface area (Å²) >= 11 is 3.54. The Balaban J connectivity index is 1.67. The topological polar surface area (TPSA) is 44.1 Å². The molecule has 1 saturated heterocycles. The van der Waals surface area contributed by atoms with Crippen LogP contribution in [0, 0.1) is 0 Å². The minimum atomic E-state index is 0.234. The van der Waals surface area contributed by atoms with Gasteiger partial charge < -0.3 is 4.74 Å². The van der Waals surface area contributed by atoms with Gasteiger partial charge in [-0.2, -0.15) is 0 Å². The van der Waals surface area contributed by atoms with Crippen LogP contribution in [0.15, 0.2) is 9.95 Å². The van der Waals surface area contributed by atoms with E-state index in [-0.39, 0.29) is 5.56 Å². The van der Waals surface area contributed by atoms with Gasteiger partial charge in [-0.1, -0.05) is 24.6 Å². The van der Waals surface area contributed by atoms with Crippen molar-refractivity contribution in [3.8, 4) is 0 Å². The summed E-state index contributed by atoms with van der Waals surface area (Å²) in [5.74, 6) is 0. The van der Waals surface area contributed by atoms with Crippen molar-refractivity contribution in [1.82, 2.24) is 9.55 Å². The standard InChI is InChI=1S/C19H24N2O2S2/c22-18-16-14-7-3-4-8-15(14)25-17(16)20-19(24-13-9-10-23-11-13)21(18)12-5-1-2-6-12/h12-13H,1-11H2. The molecule has 5 rings (SSSR count). The van der Waals surface area contributed by atoms with E-state index in [1.54, 1.807) is 23.1 Å². The molecule has 2 aromatic rings. The third kappa shape index (κ3) is 2.86. The molecule has 2 aromatic heterocycles. The molecule has 2 aliphatic carbocycles. The summed E-state index contributed by atoms with van der Waals surface area (Å²) < 4.78 is 7.61. The minimum Gasteiger partial charge on any atom is -0.380 e. The van der Waals surface area contributed by atoms with Crippen LogP contribution in [0.1, 0.15) is 61.4 Å². The van der Waals surface area contributed by atoms with Gasteiger partial charge in [-0.05, 0) is 50.5 Å². The van der Waals surface area contributed by atoms with E-state index in [0.717, 1.165) is 60.7 Å². The van der Waals surface area contributed by atoms with Crippen molar-refractivity contribution in [2.24, 2.45) is 0 Å². The van der Waals surface area contributed by atoms with Gasteiger partial charge in [0.2, 0.25) is 0 Å². The highest BCUT2D eigenvalue weighted by molar-refractivity contribution is 7.99. The zero-order chi connectivity index (χ0) is 16.8. The monoisotopic (exact) mass is 376 g/mol. The Morgan fingerprint density at radius 2 is 1.96 bits per heavy atom. The molecular formula is C19H24N2O2S2. The Kier molecular flexibility index (Phi) is 4.38. The average Bonchev–Trinajstić information content (AvgIpc) is 3.35.